The van der Waals surface area contributed by atoms with Crippen LogP contribution >= 0.6 is 0 Å². The van der Waals surface area contributed by atoms with Crippen molar-refractivity contribution in [2.45, 2.75) is 25.9 Å². The first-order valence-corrected chi connectivity index (χ1v) is 8.18. The molecule has 0 heterocycles. The molecular weight excluding hydrogens is 332 g/mol. The van der Waals surface area contributed by atoms with Crippen LogP contribution in [0.1, 0.15) is 18.1 Å². The van der Waals surface area contributed by atoms with Crippen molar-refractivity contribution in [2.24, 2.45) is 5.73 Å². The summed E-state index contributed by atoms with van der Waals surface area (Å²) in [6, 6.07) is 15.0. The molecule has 1 unspecified atom stereocenters. The van der Waals surface area contributed by atoms with E-state index in [1.165, 1.54) is 6.92 Å². The Hall–Kier alpha value is -3.35. The maximum absolute atomic E-state index is 12.5. The van der Waals surface area contributed by atoms with E-state index in [0.717, 1.165) is 11.1 Å². The standard InChI is InChI=1S/C19H22N4O3/c1-13(24)22-16-9-5-8-15(10-16)12-21-18(25)17(23-19(20)26)11-14-6-3-2-4-7-14/h2-10,17H,11-12H2,1H3,(H,21,25)(H,22,24)(H3,20,23,26). The van der Waals surface area contributed by atoms with Crippen LogP contribution in [-0.2, 0) is 22.6 Å². The van der Waals surface area contributed by atoms with Gasteiger partial charge in [0.2, 0.25) is 11.8 Å². The van der Waals surface area contributed by atoms with Crippen LogP contribution in [0.15, 0.2) is 54.6 Å². The lowest BCUT2D eigenvalue weighted by Gasteiger charge is -2.17. The quantitative estimate of drug-likeness (QED) is 0.605. The van der Waals surface area contributed by atoms with Gasteiger partial charge in [0.25, 0.3) is 0 Å². The molecule has 0 aliphatic heterocycles. The van der Waals surface area contributed by atoms with Crippen molar-refractivity contribution in [1.82, 2.24) is 10.6 Å². The molecule has 0 saturated heterocycles. The number of carbonyl (C=O) groups is 3. The van der Waals surface area contributed by atoms with Gasteiger partial charge in [0.15, 0.2) is 0 Å². The van der Waals surface area contributed by atoms with Crippen molar-refractivity contribution in [3.8, 4) is 0 Å². The molecule has 0 spiro atoms. The fourth-order valence-corrected chi connectivity index (χ4v) is 2.51. The predicted octanol–water partition coefficient (Wildman–Crippen LogP) is 1.54. The van der Waals surface area contributed by atoms with E-state index >= 15 is 0 Å². The average Bonchev–Trinajstić information content (AvgIpc) is 2.59. The fraction of sp³-hybridized carbons (Fsp3) is 0.211. The average molecular weight is 354 g/mol. The van der Waals surface area contributed by atoms with Crippen molar-refractivity contribution in [3.63, 3.8) is 0 Å². The molecule has 0 aromatic heterocycles. The number of nitrogens with two attached hydrogens (primary N) is 1. The van der Waals surface area contributed by atoms with E-state index in [-0.39, 0.29) is 18.4 Å². The van der Waals surface area contributed by atoms with Crippen molar-refractivity contribution in [3.05, 3.63) is 65.7 Å². The number of anilines is 1. The highest BCUT2D eigenvalue weighted by Gasteiger charge is 2.20. The highest BCUT2D eigenvalue weighted by Crippen LogP contribution is 2.11. The van der Waals surface area contributed by atoms with E-state index in [1.807, 2.05) is 36.4 Å². The molecule has 7 heteroatoms. The van der Waals surface area contributed by atoms with Crippen molar-refractivity contribution < 1.29 is 14.4 Å². The van der Waals surface area contributed by atoms with E-state index in [9.17, 15) is 14.4 Å². The van der Waals surface area contributed by atoms with Crippen LogP contribution < -0.4 is 21.7 Å². The third kappa shape index (κ3) is 6.27. The lowest BCUT2D eigenvalue weighted by atomic mass is 10.1. The topological polar surface area (TPSA) is 113 Å². The van der Waals surface area contributed by atoms with Crippen molar-refractivity contribution in [2.75, 3.05) is 5.32 Å². The first-order valence-electron chi connectivity index (χ1n) is 8.18. The molecule has 1 atom stereocenters. The molecule has 2 rings (SSSR count). The third-order valence-electron chi connectivity index (χ3n) is 3.63. The number of benzene rings is 2. The second-order valence-electron chi connectivity index (χ2n) is 5.85. The molecule has 136 valence electrons. The largest absolute Gasteiger partial charge is 0.352 e. The van der Waals surface area contributed by atoms with Gasteiger partial charge in [-0.3, -0.25) is 9.59 Å². The number of urea groups is 1. The fourth-order valence-electron chi connectivity index (χ4n) is 2.51. The van der Waals surface area contributed by atoms with Gasteiger partial charge < -0.3 is 21.7 Å². The van der Waals surface area contributed by atoms with Gasteiger partial charge in [-0.2, -0.15) is 0 Å². The Morgan fingerprint density at radius 2 is 1.69 bits per heavy atom. The maximum Gasteiger partial charge on any atom is 0.312 e. The van der Waals surface area contributed by atoms with Gasteiger partial charge in [-0.25, -0.2) is 4.79 Å². The van der Waals surface area contributed by atoms with E-state index in [1.54, 1.807) is 18.2 Å². The zero-order valence-corrected chi connectivity index (χ0v) is 14.5. The minimum Gasteiger partial charge on any atom is -0.352 e. The van der Waals surface area contributed by atoms with Crippen LogP contribution in [-0.4, -0.2) is 23.9 Å². The van der Waals surface area contributed by atoms with E-state index in [0.29, 0.717) is 12.1 Å². The zero-order valence-electron chi connectivity index (χ0n) is 14.5. The summed E-state index contributed by atoms with van der Waals surface area (Å²) in [6.07, 6.45) is 0.335. The minimum absolute atomic E-state index is 0.167. The summed E-state index contributed by atoms with van der Waals surface area (Å²) in [7, 11) is 0. The molecule has 2 aromatic rings. The van der Waals surface area contributed by atoms with Crippen LogP contribution in [0.25, 0.3) is 0 Å². The van der Waals surface area contributed by atoms with Gasteiger partial charge in [0.05, 0.1) is 0 Å². The molecule has 0 aliphatic rings. The smallest absolute Gasteiger partial charge is 0.312 e. The predicted molar refractivity (Wildman–Crippen MR) is 99.2 cm³/mol. The summed E-state index contributed by atoms with van der Waals surface area (Å²) >= 11 is 0. The molecule has 0 fully saturated rings. The Morgan fingerprint density at radius 1 is 1.00 bits per heavy atom. The Balaban J connectivity index is 2.00. The minimum atomic E-state index is -0.770. The normalized spacial score (nSPS) is 11.3. The zero-order chi connectivity index (χ0) is 18.9. The summed E-state index contributed by atoms with van der Waals surface area (Å²) in [5.41, 5.74) is 7.57. The number of rotatable bonds is 7. The molecular formula is C19H22N4O3. The Morgan fingerprint density at radius 3 is 2.35 bits per heavy atom. The first-order chi connectivity index (χ1) is 12.4. The Labute approximate surface area is 152 Å². The van der Waals surface area contributed by atoms with Crippen LogP contribution in [0.2, 0.25) is 0 Å². The summed E-state index contributed by atoms with van der Waals surface area (Å²) < 4.78 is 0. The summed E-state index contributed by atoms with van der Waals surface area (Å²) in [6.45, 7) is 1.69. The first kappa shape index (κ1) is 19.0. The van der Waals surface area contributed by atoms with E-state index in [2.05, 4.69) is 16.0 Å². The summed E-state index contributed by atoms with van der Waals surface area (Å²) in [5, 5.41) is 7.94. The van der Waals surface area contributed by atoms with Crippen LogP contribution in [0.5, 0.6) is 0 Å². The number of primary amides is 1. The molecule has 0 bridgehead atoms. The summed E-state index contributed by atoms with van der Waals surface area (Å²) in [4.78, 5) is 34.8. The second-order valence-corrected chi connectivity index (χ2v) is 5.85. The number of hydrogen-bond donors (Lipinski definition) is 4. The highest BCUT2D eigenvalue weighted by molar-refractivity contribution is 5.89. The molecule has 26 heavy (non-hydrogen) atoms. The molecule has 0 radical (unpaired) electrons. The monoisotopic (exact) mass is 354 g/mol. The van der Waals surface area contributed by atoms with Gasteiger partial charge in [0.1, 0.15) is 6.04 Å². The molecule has 4 amide bonds. The number of carbonyl (C=O) groups excluding carboxylic acids is 3. The van der Waals surface area contributed by atoms with Gasteiger partial charge in [-0.05, 0) is 23.3 Å². The lowest BCUT2D eigenvalue weighted by molar-refractivity contribution is -0.123. The van der Waals surface area contributed by atoms with E-state index in [4.69, 9.17) is 5.73 Å². The van der Waals surface area contributed by atoms with Crippen LogP contribution in [0.4, 0.5) is 10.5 Å². The number of nitrogens with one attached hydrogen (secondary N) is 3. The van der Waals surface area contributed by atoms with Crippen LogP contribution in [0, 0.1) is 0 Å². The molecule has 0 aliphatic carbocycles. The Bertz CT molecular complexity index is 777. The van der Waals surface area contributed by atoms with Crippen molar-refractivity contribution in [1.29, 1.82) is 0 Å². The van der Waals surface area contributed by atoms with Crippen LogP contribution in [0.3, 0.4) is 0 Å². The molecule has 0 saturated carbocycles. The lowest BCUT2D eigenvalue weighted by Crippen LogP contribution is -2.49. The number of hydrogen-bond acceptors (Lipinski definition) is 3. The third-order valence-corrected chi connectivity index (χ3v) is 3.63. The molecule has 2 aromatic carbocycles. The highest BCUT2D eigenvalue weighted by atomic mass is 16.2. The summed E-state index contributed by atoms with van der Waals surface area (Å²) in [5.74, 6) is -0.502. The van der Waals surface area contributed by atoms with Gasteiger partial charge in [0, 0.05) is 25.6 Å². The van der Waals surface area contributed by atoms with Gasteiger partial charge in [-0.15, -0.1) is 0 Å². The maximum atomic E-state index is 12.5. The SMILES string of the molecule is CC(=O)Nc1cccc(CNC(=O)C(Cc2ccccc2)NC(N)=O)c1. The van der Waals surface area contributed by atoms with Gasteiger partial charge in [-0.1, -0.05) is 42.5 Å². The Kier molecular flexibility index (Phi) is 6.73. The molecule has 7 nitrogen and oxygen atoms in total. The van der Waals surface area contributed by atoms with E-state index < -0.39 is 12.1 Å². The number of amides is 4. The van der Waals surface area contributed by atoms with Gasteiger partial charge >= 0.3 is 6.03 Å². The molecule has 5 N–H and O–H groups in total. The second kappa shape index (κ2) is 9.22. The van der Waals surface area contributed by atoms with Crippen molar-refractivity contribution >= 4 is 23.5 Å².